The lowest BCUT2D eigenvalue weighted by atomic mass is 10.1. The molecule has 0 saturated carbocycles. The van der Waals surface area contributed by atoms with Crippen molar-refractivity contribution in [2.75, 3.05) is 13.4 Å². The molecule has 1 N–H and O–H groups in total. The van der Waals surface area contributed by atoms with E-state index in [4.69, 9.17) is 4.74 Å². The predicted molar refractivity (Wildman–Crippen MR) is 60.0 cm³/mol. The summed E-state index contributed by atoms with van der Waals surface area (Å²) in [6.45, 7) is 0. The number of benzene rings is 1. The van der Waals surface area contributed by atoms with Crippen LogP contribution < -0.4 is 4.74 Å². The second-order valence-corrected chi connectivity index (χ2v) is 5.95. The van der Waals surface area contributed by atoms with Crippen LogP contribution in [0.15, 0.2) is 17.0 Å². The summed E-state index contributed by atoms with van der Waals surface area (Å²) < 4.78 is 28.2. The first kappa shape index (κ1) is 12.1. The monoisotopic (exact) mass is 256 g/mol. The van der Waals surface area contributed by atoms with Gasteiger partial charge in [0.1, 0.15) is 5.75 Å². The van der Waals surface area contributed by atoms with E-state index in [2.05, 4.69) is 0 Å². The molecule has 0 fully saturated rings. The average Bonchev–Trinajstić information content (AvgIpc) is 2.53. The van der Waals surface area contributed by atoms with E-state index in [9.17, 15) is 18.3 Å². The van der Waals surface area contributed by atoms with E-state index in [0.717, 1.165) is 6.26 Å². The van der Waals surface area contributed by atoms with Crippen molar-refractivity contribution in [3.05, 3.63) is 23.3 Å². The third-order valence-electron chi connectivity index (χ3n) is 2.78. The van der Waals surface area contributed by atoms with Crippen LogP contribution in [0.5, 0.6) is 5.75 Å². The Morgan fingerprint density at radius 1 is 1.41 bits per heavy atom. The number of fused-ring (bicyclic) bond motifs is 1. The Morgan fingerprint density at radius 3 is 2.59 bits per heavy atom. The molecule has 2 rings (SSSR count). The smallest absolute Gasteiger partial charge is 0.176 e. The van der Waals surface area contributed by atoms with E-state index in [-0.39, 0.29) is 28.2 Å². The number of ether oxygens (including phenoxy) is 1. The van der Waals surface area contributed by atoms with Crippen molar-refractivity contribution in [1.82, 2.24) is 0 Å². The van der Waals surface area contributed by atoms with E-state index >= 15 is 0 Å². The van der Waals surface area contributed by atoms with Crippen molar-refractivity contribution in [2.24, 2.45) is 0 Å². The minimum absolute atomic E-state index is 0.0464. The zero-order valence-electron chi connectivity index (χ0n) is 9.43. The number of methoxy groups -OCH3 is 1. The van der Waals surface area contributed by atoms with Crippen LogP contribution in [-0.2, 0) is 9.84 Å². The molecule has 1 atom stereocenters. The number of aliphatic hydroxyl groups excluding tert-OH is 1. The molecular formula is C11H12O5S. The molecule has 17 heavy (non-hydrogen) atoms. The van der Waals surface area contributed by atoms with Gasteiger partial charge in [-0.25, -0.2) is 8.42 Å². The number of ketones is 1. The Balaban J connectivity index is 2.82. The summed E-state index contributed by atoms with van der Waals surface area (Å²) in [7, 11) is -2.09. The van der Waals surface area contributed by atoms with E-state index in [1.165, 1.54) is 19.2 Å². The Hall–Kier alpha value is -1.40. The maximum Gasteiger partial charge on any atom is 0.176 e. The highest BCUT2D eigenvalue weighted by Crippen LogP contribution is 2.40. The van der Waals surface area contributed by atoms with Crippen molar-refractivity contribution in [2.45, 2.75) is 17.4 Å². The van der Waals surface area contributed by atoms with Crippen LogP contribution in [0, 0.1) is 0 Å². The second kappa shape index (κ2) is 3.82. The maximum atomic E-state index is 11.7. The normalized spacial score (nSPS) is 19.2. The van der Waals surface area contributed by atoms with Gasteiger partial charge in [-0.15, -0.1) is 0 Å². The molecule has 0 saturated heterocycles. The van der Waals surface area contributed by atoms with Crippen LogP contribution >= 0.6 is 0 Å². The molecule has 1 aliphatic rings. The van der Waals surface area contributed by atoms with Crippen LogP contribution in [0.3, 0.4) is 0 Å². The molecule has 0 aromatic heterocycles. The lowest BCUT2D eigenvalue weighted by Crippen LogP contribution is -2.06. The molecule has 0 amide bonds. The Morgan fingerprint density at radius 2 is 2.06 bits per heavy atom. The van der Waals surface area contributed by atoms with Crippen LogP contribution in [0.2, 0.25) is 0 Å². The van der Waals surface area contributed by atoms with Gasteiger partial charge in [-0.3, -0.25) is 4.79 Å². The summed E-state index contributed by atoms with van der Waals surface area (Å²) in [6.07, 6.45) is -0.0557. The summed E-state index contributed by atoms with van der Waals surface area (Å²) in [5, 5.41) is 9.76. The van der Waals surface area contributed by atoms with Crippen molar-refractivity contribution >= 4 is 15.6 Å². The van der Waals surface area contributed by atoms with Crippen LogP contribution in [0.4, 0.5) is 0 Å². The third kappa shape index (κ3) is 1.83. The lowest BCUT2D eigenvalue weighted by molar-refractivity contribution is 0.0927. The Kier molecular flexibility index (Phi) is 2.71. The summed E-state index contributed by atoms with van der Waals surface area (Å²) >= 11 is 0. The largest absolute Gasteiger partial charge is 0.496 e. The average molecular weight is 256 g/mol. The highest BCUT2D eigenvalue weighted by atomic mass is 32.2. The third-order valence-corrected chi connectivity index (χ3v) is 3.92. The van der Waals surface area contributed by atoms with Gasteiger partial charge in [0.15, 0.2) is 15.6 Å². The van der Waals surface area contributed by atoms with Crippen LogP contribution in [-0.4, -0.2) is 32.7 Å². The lowest BCUT2D eigenvalue weighted by Gasteiger charge is -2.11. The zero-order chi connectivity index (χ0) is 12.8. The van der Waals surface area contributed by atoms with Crippen molar-refractivity contribution in [3.8, 4) is 5.75 Å². The summed E-state index contributed by atoms with van der Waals surface area (Å²) in [6, 6.07) is 2.79. The van der Waals surface area contributed by atoms with Gasteiger partial charge in [-0.2, -0.15) is 0 Å². The van der Waals surface area contributed by atoms with E-state index in [1.807, 2.05) is 0 Å². The number of hydrogen-bond acceptors (Lipinski definition) is 5. The Labute approximate surface area is 98.9 Å². The first-order valence-corrected chi connectivity index (χ1v) is 6.87. The van der Waals surface area contributed by atoms with E-state index in [1.54, 1.807) is 0 Å². The van der Waals surface area contributed by atoms with Gasteiger partial charge < -0.3 is 9.84 Å². The Bertz CT molecular complexity index is 588. The van der Waals surface area contributed by atoms with Gasteiger partial charge in [-0.1, -0.05) is 0 Å². The number of carbonyl (C=O) groups is 1. The predicted octanol–water partition coefficient (Wildman–Crippen LogP) is 0.718. The number of carbonyl (C=O) groups excluding carboxylic acids is 1. The van der Waals surface area contributed by atoms with Gasteiger partial charge in [0.2, 0.25) is 0 Å². The summed E-state index contributed by atoms with van der Waals surface area (Å²) in [5.74, 6) is -0.0300. The van der Waals surface area contributed by atoms with Gasteiger partial charge in [0, 0.05) is 23.8 Å². The maximum absolute atomic E-state index is 11.7. The van der Waals surface area contributed by atoms with Crippen molar-refractivity contribution in [1.29, 1.82) is 0 Å². The molecule has 0 bridgehead atoms. The number of sulfone groups is 1. The van der Waals surface area contributed by atoms with Gasteiger partial charge >= 0.3 is 0 Å². The number of hydrogen-bond donors (Lipinski definition) is 1. The molecule has 1 aromatic carbocycles. The highest BCUT2D eigenvalue weighted by Gasteiger charge is 2.35. The minimum atomic E-state index is -3.50. The topological polar surface area (TPSA) is 80.7 Å². The molecule has 6 heteroatoms. The SMILES string of the molecule is COc1ccc(S(C)(=O)=O)c2c1C(O)CC2=O. The molecule has 92 valence electrons. The van der Waals surface area contributed by atoms with E-state index < -0.39 is 15.9 Å². The standard InChI is InChI=1S/C11H12O5S/c1-16-8-3-4-9(17(2,14)15)11-7(13)5-6(12)10(8)11/h3-4,6,12H,5H2,1-2H3. The van der Waals surface area contributed by atoms with Gasteiger partial charge in [0.05, 0.1) is 18.1 Å². The second-order valence-electron chi connectivity index (χ2n) is 3.97. The number of aliphatic hydroxyl groups is 1. The molecule has 5 nitrogen and oxygen atoms in total. The van der Waals surface area contributed by atoms with Gasteiger partial charge in [0.25, 0.3) is 0 Å². The quantitative estimate of drug-likeness (QED) is 0.843. The molecular weight excluding hydrogens is 244 g/mol. The van der Waals surface area contributed by atoms with E-state index in [0.29, 0.717) is 5.75 Å². The van der Waals surface area contributed by atoms with Crippen LogP contribution in [0.1, 0.15) is 28.4 Å². The molecule has 0 heterocycles. The number of Topliss-reactive ketones (excluding diaryl/α,β-unsaturated/α-hetero) is 1. The van der Waals surface area contributed by atoms with Crippen LogP contribution in [0.25, 0.3) is 0 Å². The molecule has 0 aliphatic heterocycles. The fraction of sp³-hybridized carbons (Fsp3) is 0.364. The first-order chi connectivity index (χ1) is 7.86. The highest BCUT2D eigenvalue weighted by molar-refractivity contribution is 7.90. The number of rotatable bonds is 2. The van der Waals surface area contributed by atoms with Crippen molar-refractivity contribution in [3.63, 3.8) is 0 Å². The molecule has 0 spiro atoms. The zero-order valence-corrected chi connectivity index (χ0v) is 10.2. The van der Waals surface area contributed by atoms with Gasteiger partial charge in [-0.05, 0) is 12.1 Å². The first-order valence-electron chi connectivity index (χ1n) is 4.98. The molecule has 0 radical (unpaired) electrons. The molecule has 1 unspecified atom stereocenters. The van der Waals surface area contributed by atoms with Crippen molar-refractivity contribution < 1.29 is 23.1 Å². The minimum Gasteiger partial charge on any atom is -0.496 e. The fourth-order valence-electron chi connectivity index (χ4n) is 2.07. The fourth-order valence-corrected chi connectivity index (χ4v) is 2.98. The summed E-state index contributed by atoms with van der Waals surface area (Å²) in [4.78, 5) is 11.7. The molecule has 1 aliphatic carbocycles. The summed E-state index contributed by atoms with van der Waals surface area (Å²) in [5.41, 5.74) is 0.347. The molecule has 1 aromatic rings.